The van der Waals surface area contributed by atoms with Crippen molar-refractivity contribution in [2.24, 2.45) is 5.92 Å². The predicted octanol–water partition coefficient (Wildman–Crippen LogP) is 5.56. The molecule has 194 valence electrons. The maximum atomic E-state index is 13.3. The van der Waals surface area contributed by atoms with E-state index in [0.29, 0.717) is 24.5 Å². The second kappa shape index (κ2) is 11.1. The highest BCUT2D eigenvalue weighted by Gasteiger charge is 2.36. The summed E-state index contributed by atoms with van der Waals surface area (Å²) in [5.41, 5.74) is 1.56. The summed E-state index contributed by atoms with van der Waals surface area (Å²) in [5, 5.41) is 14.3. The maximum absolute atomic E-state index is 13.3. The number of hydrogen-bond acceptors (Lipinski definition) is 6. The maximum Gasteiger partial charge on any atom is 0.252 e. The highest BCUT2D eigenvalue weighted by Crippen LogP contribution is 2.37. The molecule has 1 aromatic carbocycles. The second-order valence-corrected chi connectivity index (χ2v) is 11.0. The van der Waals surface area contributed by atoms with Crippen molar-refractivity contribution in [3.05, 3.63) is 46.0 Å². The smallest absolute Gasteiger partial charge is 0.252 e. The highest BCUT2D eigenvalue weighted by atomic mass is 16.5. The number of nitrogens with one attached hydrogen (secondary N) is 1. The highest BCUT2D eigenvalue weighted by molar-refractivity contribution is 5.80. The molecule has 1 N–H and O–H groups in total. The molecular formula is C28H40N6O2. The lowest BCUT2D eigenvalue weighted by Gasteiger charge is -2.41. The number of methoxy groups -OCH3 is 1. The minimum Gasteiger partial charge on any atom is -0.497 e. The van der Waals surface area contributed by atoms with Gasteiger partial charge in [-0.3, -0.25) is 9.69 Å². The number of aromatic nitrogens is 5. The van der Waals surface area contributed by atoms with Crippen LogP contribution in [-0.4, -0.2) is 43.2 Å². The lowest BCUT2D eigenvalue weighted by Crippen LogP contribution is -2.43. The van der Waals surface area contributed by atoms with Crippen LogP contribution in [0.1, 0.15) is 102 Å². The standard InChI is InChI=1S/C28H40N6O2/c1-19(2)26(27-30-31-32-34(27)23-12-8-5-9-13-23)33(22-10-6-4-7-11-22)18-21-16-20-14-15-24(36-3)17-25(20)29-28(21)35/h14-17,19,22-23,26H,4-13,18H2,1-3H3,(H,29,35)/t26-/m0/s1. The fourth-order valence-electron chi connectivity index (χ4n) is 6.34. The van der Waals surface area contributed by atoms with E-state index < -0.39 is 0 Å². The quantitative estimate of drug-likeness (QED) is 0.443. The van der Waals surface area contributed by atoms with Gasteiger partial charge in [0.1, 0.15) is 5.75 Å². The van der Waals surface area contributed by atoms with Crippen LogP contribution in [-0.2, 0) is 6.54 Å². The number of H-pyrrole nitrogens is 1. The number of rotatable bonds is 8. The van der Waals surface area contributed by atoms with Crippen molar-refractivity contribution in [3.63, 3.8) is 0 Å². The topological polar surface area (TPSA) is 88.9 Å². The molecule has 0 saturated heterocycles. The summed E-state index contributed by atoms with van der Waals surface area (Å²) in [6, 6.07) is 8.72. The van der Waals surface area contributed by atoms with Gasteiger partial charge in [-0.2, -0.15) is 0 Å². The SMILES string of the molecule is COc1ccc2cc(CN(C3CCCCC3)[C@H](c3nnnn3C3CCCCC3)C(C)C)c(=O)[nH]c2c1. The minimum absolute atomic E-state index is 0.0362. The van der Waals surface area contributed by atoms with Crippen LogP contribution in [0.25, 0.3) is 10.9 Å². The van der Waals surface area contributed by atoms with Gasteiger partial charge in [-0.15, -0.1) is 5.10 Å². The monoisotopic (exact) mass is 492 g/mol. The molecule has 2 fully saturated rings. The lowest BCUT2D eigenvalue weighted by atomic mass is 9.89. The van der Waals surface area contributed by atoms with Crippen LogP contribution in [0.3, 0.4) is 0 Å². The largest absolute Gasteiger partial charge is 0.497 e. The molecule has 2 aromatic heterocycles. The lowest BCUT2D eigenvalue weighted by molar-refractivity contribution is 0.0590. The average molecular weight is 493 g/mol. The molecule has 2 heterocycles. The third-order valence-corrected chi connectivity index (χ3v) is 8.22. The Balaban J connectivity index is 1.53. The van der Waals surface area contributed by atoms with Crippen molar-refractivity contribution in [2.75, 3.05) is 7.11 Å². The Labute approximate surface area is 213 Å². The van der Waals surface area contributed by atoms with Gasteiger partial charge in [-0.1, -0.05) is 52.4 Å². The summed E-state index contributed by atoms with van der Waals surface area (Å²) in [5.74, 6) is 2.01. The molecule has 0 amide bonds. The molecule has 0 radical (unpaired) electrons. The zero-order valence-electron chi connectivity index (χ0n) is 21.9. The molecular weight excluding hydrogens is 452 g/mol. The number of fused-ring (bicyclic) bond motifs is 1. The van der Waals surface area contributed by atoms with E-state index in [-0.39, 0.29) is 11.6 Å². The van der Waals surface area contributed by atoms with Crippen LogP contribution in [0.15, 0.2) is 29.1 Å². The summed E-state index contributed by atoms with van der Waals surface area (Å²) in [6.45, 7) is 5.11. The van der Waals surface area contributed by atoms with Crippen molar-refractivity contribution in [2.45, 2.75) is 103 Å². The van der Waals surface area contributed by atoms with Crippen molar-refractivity contribution in [1.29, 1.82) is 0 Å². The Morgan fingerprint density at radius 2 is 1.78 bits per heavy atom. The van der Waals surface area contributed by atoms with Gasteiger partial charge < -0.3 is 9.72 Å². The number of benzene rings is 1. The third kappa shape index (κ3) is 5.19. The molecule has 3 aromatic rings. The number of tetrazole rings is 1. The van der Waals surface area contributed by atoms with E-state index in [1.54, 1.807) is 7.11 Å². The molecule has 8 heteroatoms. The first-order valence-corrected chi connectivity index (χ1v) is 13.8. The van der Waals surface area contributed by atoms with Gasteiger partial charge in [-0.05, 0) is 65.6 Å². The minimum atomic E-state index is -0.0362. The van der Waals surface area contributed by atoms with Crippen molar-refractivity contribution < 1.29 is 4.74 Å². The third-order valence-electron chi connectivity index (χ3n) is 8.22. The van der Waals surface area contributed by atoms with E-state index in [2.05, 4.69) is 43.9 Å². The molecule has 2 aliphatic rings. The van der Waals surface area contributed by atoms with Gasteiger partial charge in [0.25, 0.3) is 5.56 Å². The molecule has 0 bridgehead atoms. The fraction of sp³-hybridized carbons (Fsp3) is 0.643. The Kier molecular flexibility index (Phi) is 7.70. The molecule has 0 aliphatic heterocycles. The fourth-order valence-corrected chi connectivity index (χ4v) is 6.34. The zero-order valence-corrected chi connectivity index (χ0v) is 21.9. The molecule has 2 saturated carbocycles. The Hall–Kier alpha value is -2.74. The van der Waals surface area contributed by atoms with E-state index in [4.69, 9.17) is 4.74 Å². The van der Waals surface area contributed by atoms with E-state index in [0.717, 1.165) is 53.7 Å². The van der Waals surface area contributed by atoms with Gasteiger partial charge in [0.15, 0.2) is 5.82 Å². The first-order chi connectivity index (χ1) is 17.5. The van der Waals surface area contributed by atoms with Crippen LogP contribution < -0.4 is 10.3 Å². The van der Waals surface area contributed by atoms with Crippen LogP contribution in [0.5, 0.6) is 5.75 Å². The van der Waals surface area contributed by atoms with Crippen molar-refractivity contribution in [3.8, 4) is 5.75 Å². The number of aromatic amines is 1. The van der Waals surface area contributed by atoms with Gasteiger partial charge in [0, 0.05) is 24.2 Å². The van der Waals surface area contributed by atoms with Crippen LogP contribution in [0.4, 0.5) is 0 Å². The Bertz CT molecular complexity index is 1210. The molecule has 0 spiro atoms. The Morgan fingerprint density at radius 3 is 2.47 bits per heavy atom. The molecule has 1 atom stereocenters. The summed E-state index contributed by atoms with van der Waals surface area (Å²) < 4.78 is 7.47. The summed E-state index contributed by atoms with van der Waals surface area (Å²) in [7, 11) is 1.64. The van der Waals surface area contributed by atoms with E-state index in [9.17, 15) is 4.79 Å². The van der Waals surface area contributed by atoms with Crippen LogP contribution in [0, 0.1) is 5.92 Å². The van der Waals surface area contributed by atoms with E-state index >= 15 is 0 Å². The number of nitrogens with zero attached hydrogens (tertiary/aromatic N) is 5. The van der Waals surface area contributed by atoms with Crippen LogP contribution in [0.2, 0.25) is 0 Å². The summed E-state index contributed by atoms with van der Waals surface area (Å²) in [4.78, 5) is 18.9. The first kappa shape index (κ1) is 24.9. The van der Waals surface area contributed by atoms with Gasteiger partial charge in [0.05, 0.1) is 24.7 Å². The van der Waals surface area contributed by atoms with Gasteiger partial charge in [-0.25, -0.2) is 4.68 Å². The predicted molar refractivity (Wildman–Crippen MR) is 141 cm³/mol. The average Bonchev–Trinajstić information content (AvgIpc) is 3.38. The van der Waals surface area contributed by atoms with E-state index in [1.807, 2.05) is 24.3 Å². The van der Waals surface area contributed by atoms with Crippen molar-refractivity contribution in [1.82, 2.24) is 30.1 Å². The molecule has 2 aliphatic carbocycles. The zero-order chi connectivity index (χ0) is 25.1. The summed E-state index contributed by atoms with van der Waals surface area (Å²) >= 11 is 0. The van der Waals surface area contributed by atoms with Gasteiger partial charge >= 0.3 is 0 Å². The van der Waals surface area contributed by atoms with Gasteiger partial charge in [0.2, 0.25) is 0 Å². The van der Waals surface area contributed by atoms with E-state index in [1.165, 1.54) is 38.5 Å². The van der Waals surface area contributed by atoms with Crippen molar-refractivity contribution >= 4 is 10.9 Å². The number of pyridine rings is 1. The first-order valence-electron chi connectivity index (χ1n) is 13.8. The second-order valence-electron chi connectivity index (χ2n) is 11.0. The summed E-state index contributed by atoms with van der Waals surface area (Å²) in [6.07, 6.45) is 12.1. The molecule has 8 nitrogen and oxygen atoms in total. The number of ether oxygens (including phenoxy) is 1. The Morgan fingerprint density at radius 1 is 1.06 bits per heavy atom. The molecule has 0 unspecified atom stereocenters. The molecule has 5 rings (SSSR count). The normalized spacial score (nSPS) is 18.8. The number of hydrogen-bond donors (Lipinski definition) is 1. The van der Waals surface area contributed by atoms with Crippen LogP contribution >= 0.6 is 0 Å². The molecule has 36 heavy (non-hydrogen) atoms.